The van der Waals surface area contributed by atoms with Crippen LogP contribution in [0.5, 0.6) is 11.5 Å². The summed E-state index contributed by atoms with van der Waals surface area (Å²) in [4.78, 5) is 29.9. The number of nitrogens with one attached hydrogen (secondary N) is 1. The summed E-state index contributed by atoms with van der Waals surface area (Å²) in [5.74, 6) is 0.542. The van der Waals surface area contributed by atoms with Crippen molar-refractivity contribution in [2.75, 3.05) is 24.4 Å². The van der Waals surface area contributed by atoms with Crippen molar-refractivity contribution in [1.82, 2.24) is 0 Å². The number of hydrogen-bond acceptors (Lipinski definition) is 5. The fourth-order valence-corrected chi connectivity index (χ4v) is 4.58. The van der Waals surface area contributed by atoms with Gasteiger partial charge in [-0.05, 0) is 42.0 Å². The van der Waals surface area contributed by atoms with Crippen LogP contribution in [0, 0.1) is 0 Å². The van der Waals surface area contributed by atoms with Crippen LogP contribution in [0.1, 0.15) is 22.0 Å². The van der Waals surface area contributed by atoms with E-state index in [1.165, 1.54) is 0 Å². The van der Waals surface area contributed by atoms with Crippen LogP contribution in [0.15, 0.2) is 120 Å². The van der Waals surface area contributed by atoms with E-state index in [0.717, 1.165) is 5.56 Å². The number of Topliss-reactive ketones (excluding diaryl/α,β-unsaturated/α-hetero) is 1. The third-order valence-corrected chi connectivity index (χ3v) is 6.32. The maximum Gasteiger partial charge on any atom is 0.276 e. The quantitative estimate of drug-likeness (QED) is 0.305. The lowest BCUT2D eigenvalue weighted by atomic mass is 9.92. The van der Waals surface area contributed by atoms with Gasteiger partial charge in [-0.15, -0.1) is 0 Å². The second-order valence-corrected chi connectivity index (χ2v) is 8.50. The van der Waals surface area contributed by atoms with Crippen molar-refractivity contribution >= 4 is 23.1 Å². The standard InChI is InChI=1S/C31H26N2O4/c1-36-25-19-18-22(20-26(25)37-2)29-27(30(34)21-12-6-3-7-13-21)28(32-23-14-8-4-9-15-23)31(35)33(29)24-16-10-5-11-17-24/h3-20,29,32H,1-2H3. The van der Waals surface area contributed by atoms with E-state index in [2.05, 4.69) is 5.32 Å². The van der Waals surface area contributed by atoms with Gasteiger partial charge in [-0.3, -0.25) is 14.5 Å². The lowest BCUT2D eigenvalue weighted by Gasteiger charge is -2.27. The summed E-state index contributed by atoms with van der Waals surface area (Å²) in [7, 11) is 3.13. The number of benzene rings is 4. The number of hydrogen-bond donors (Lipinski definition) is 1. The topological polar surface area (TPSA) is 67.9 Å². The predicted octanol–water partition coefficient (Wildman–Crippen LogP) is 6.04. The van der Waals surface area contributed by atoms with Crippen molar-refractivity contribution in [2.45, 2.75) is 6.04 Å². The highest BCUT2D eigenvalue weighted by molar-refractivity contribution is 6.23. The van der Waals surface area contributed by atoms with E-state index in [-0.39, 0.29) is 17.4 Å². The summed E-state index contributed by atoms with van der Waals surface area (Å²) in [6, 6.07) is 32.5. The lowest BCUT2D eigenvalue weighted by Crippen LogP contribution is -2.31. The molecule has 1 aliphatic rings. The van der Waals surface area contributed by atoms with Gasteiger partial charge in [0.25, 0.3) is 5.91 Å². The molecule has 0 bridgehead atoms. The molecule has 184 valence electrons. The van der Waals surface area contributed by atoms with Crippen LogP contribution in [0.2, 0.25) is 0 Å². The highest BCUT2D eigenvalue weighted by atomic mass is 16.5. The first kappa shape index (κ1) is 23.9. The number of carbonyl (C=O) groups excluding carboxylic acids is 2. The zero-order valence-electron chi connectivity index (χ0n) is 20.5. The first-order valence-electron chi connectivity index (χ1n) is 11.9. The van der Waals surface area contributed by atoms with E-state index in [4.69, 9.17) is 9.47 Å². The molecule has 1 unspecified atom stereocenters. The Balaban J connectivity index is 1.75. The first-order valence-corrected chi connectivity index (χ1v) is 11.9. The maximum atomic E-state index is 14.1. The molecule has 0 fully saturated rings. The van der Waals surface area contributed by atoms with E-state index in [0.29, 0.717) is 34.0 Å². The molecule has 1 aliphatic heterocycles. The molecule has 4 aromatic rings. The van der Waals surface area contributed by atoms with E-state index >= 15 is 0 Å². The summed E-state index contributed by atoms with van der Waals surface area (Å²) >= 11 is 0. The Morgan fingerprint density at radius 1 is 0.757 bits per heavy atom. The number of carbonyl (C=O) groups is 2. The van der Waals surface area contributed by atoms with Crippen LogP contribution in [0.4, 0.5) is 11.4 Å². The molecule has 1 N–H and O–H groups in total. The molecule has 0 saturated carbocycles. The molecule has 0 radical (unpaired) electrons. The van der Waals surface area contributed by atoms with Gasteiger partial charge in [-0.2, -0.15) is 0 Å². The molecule has 1 atom stereocenters. The van der Waals surface area contributed by atoms with Crippen LogP contribution in [-0.4, -0.2) is 25.9 Å². The lowest BCUT2D eigenvalue weighted by molar-refractivity contribution is -0.114. The Bertz CT molecular complexity index is 1450. The van der Waals surface area contributed by atoms with Gasteiger partial charge in [0.2, 0.25) is 0 Å². The van der Waals surface area contributed by atoms with Gasteiger partial charge in [0.15, 0.2) is 17.3 Å². The Morgan fingerprint density at radius 2 is 1.35 bits per heavy atom. The number of amides is 1. The third kappa shape index (κ3) is 4.57. The Morgan fingerprint density at radius 3 is 1.97 bits per heavy atom. The van der Waals surface area contributed by atoms with Crippen LogP contribution >= 0.6 is 0 Å². The van der Waals surface area contributed by atoms with Gasteiger partial charge >= 0.3 is 0 Å². The highest BCUT2D eigenvalue weighted by Crippen LogP contribution is 2.44. The Kier molecular flexibility index (Phi) is 6.72. The van der Waals surface area contributed by atoms with E-state index in [1.54, 1.807) is 37.3 Å². The van der Waals surface area contributed by atoms with Crippen molar-refractivity contribution < 1.29 is 19.1 Å². The molecule has 0 saturated heterocycles. The normalized spacial score (nSPS) is 15.0. The minimum atomic E-state index is -0.700. The summed E-state index contributed by atoms with van der Waals surface area (Å²) in [6.45, 7) is 0. The van der Waals surface area contributed by atoms with Crippen molar-refractivity contribution in [2.24, 2.45) is 0 Å². The number of anilines is 2. The molecule has 1 heterocycles. The van der Waals surface area contributed by atoms with Crippen molar-refractivity contribution in [3.63, 3.8) is 0 Å². The number of methoxy groups -OCH3 is 2. The number of ketones is 1. The summed E-state index contributed by atoms with van der Waals surface area (Å²) in [6.07, 6.45) is 0. The van der Waals surface area contributed by atoms with Crippen molar-refractivity contribution in [3.05, 3.63) is 132 Å². The fourth-order valence-electron chi connectivity index (χ4n) is 4.58. The summed E-state index contributed by atoms with van der Waals surface area (Å²) in [5.41, 5.74) is 3.21. The molecule has 0 aromatic heterocycles. The maximum absolute atomic E-state index is 14.1. The molecule has 0 spiro atoms. The SMILES string of the molecule is COc1ccc(C2C(C(=O)c3ccccc3)=C(Nc3ccccc3)C(=O)N2c2ccccc2)cc1OC. The van der Waals surface area contributed by atoms with Gasteiger partial charge in [0.05, 0.1) is 25.8 Å². The second kappa shape index (κ2) is 10.4. The van der Waals surface area contributed by atoms with E-state index < -0.39 is 6.04 Å². The zero-order chi connectivity index (χ0) is 25.8. The molecular formula is C31H26N2O4. The Labute approximate surface area is 215 Å². The first-order chi connectivity index (χ1) is 18.1. The number of rotatable bonds is 8. The molecular weight excluding hydrogens is 464 g/mol. The molecule has 6 nitrogen and oxygen atoms in total. The number of ether oxygens (including phenoxy) is 2. The largest absolute Gasteiger partial charge is 0.493 e. The van der Waals surface area contributed by atoms with Gasteiger partial charge < -0.3 is 14.8 Å². The van der Waals surface area contributed by atoms with Gasteiger partial charge in [-0.25, -0.2) is 0 Å². The minimum absolute atomic E-state index is 0.231. The molecule has 6 heteroatoms. The van der Waals surface area contributed by atoms with Gasteiger partial charge in [0, 0.05) is 16.9 Å². The average Bonchev–Trinajstić information content (AvgIpc) is 3.25. The third-order valence-electron chi connectivity index (χ3n) is 6.32. The van der Waals surface area contributed by atoms with E-state index in [9.17, 15) is 9.59 Å². The summed E-state index contributed by atoms with van der Waals surface area (Å²) in [5, 5.41) is 3.25. The van der Waals surface area contributed by atoms with Gasteiger partial charge in [-0.1, -0.05) is 72.8 Å². The predicted molar refractivity (Wildman–Crippen MR) is 144 cm³/mol. The summed E-state index contributed by atoms with van der Waals surface area (Å²) < 4.78 is 11.0. The molecule has 4 aromatic carbocycles. The zero-order valence-corrected chi connectivity index (χ0v) is 20.5. The fraction of sp³-hybridized carbons (Fsp3) is 0.0968. The number of para-hydroxylation sites is 2. The average molecular weight is 491 g/mol. The molecule has 1 amide bonds. The van der Waals surface area contributed by atoms with Crippen molar-refractivity contribution in [3.8, 4) is 11.5 Å². The smallest absolute Gasteiger partial charge is 0.276 e. The van der Waals surface area contributed by atoms with Crippen LogP contribution in [0.25, 0.3) is 0 Å². The number of nitrogens with zero attached hydrogens (tertiary/aromatic N) is 1. The van der Waals surface area contributed by atoms with Gasteiger partial charge in [0.1, 0.15) is 5.70 Å². The van der Waals surface area contributed by atoms with Crippen LogP contribution < -0.4 is 19.7 Å². The van der Waals surface area contributed by atoms with Crippen LogP contribution in [0.3, 0.4) is 0 Å². The van der Waals surface area contributed by atoms with Crippen LogP contribution in [-0.2, 0) is 4.79 Å². The van der Waals surface area contributed by atoms with Crippen molar-refractivity contribution in [1.29, 1.82) is 0 Å². The molecule has 0 aliphatic carbocycles. The Hall–Kier alpha value is -4.84. The molecule has 5 rings (SSSR count). The second-order valence-electron chi connectivity index (χ2n) is 8.50. The monoisotopic (exact) mass is 490 g/mol. The van der Waals surface area contributed by atoms with E-state index in [1.807, 2.05) is 91.0 Å². The minimum Gasteiger partial charge on any atom is -0.493 e. The molecule has 37 heavy (non-hydrogen) atoms. The highest BCUT2D eigenvalue weighted by Gasteiger charge is 2.44.